The molecule has 1 heterocycles. The minimum absolute atomic E-state index is 0.311. The third kappa shape index (κ3) is 4.92. The molecule has 0 aromatic rings. The summed E-state index contributed by atoms with van der Waals surface area (Å²) in [6.07, 6.45) is 3.72. The van der Waals surface area contributed by atoms with Crippen molar-refractivity contribution in [2.45, 2.75) is 38.1 Å². The molecular formula is C13H26N2O3. The Morgan fingerprint density at radius 2 is 2.17 bits per heavy atom. The summed E-state index contributed by atoms with van der Waals surface area (Å²) in [5, 5.41) is 2.97. The smallest absolute Gasteiger partial charge is 0.237 e. The molecule has 1 aliphatic heterocycles. The summed E-state index contributed by atoms with van der Waals surface area (Å²) in [5.74, 6) is 0.319. The van der Waals surface area contributed by atoms with Gasteiger partial charge in [0.2, 0.25) is 5.91 Å². The van der Waals surface area contributed by atoms with Gasteiger partial charge in [0.15, 0.2) is 0 Å². The molecule has 0 aromatic heterocycles. The van der Waals surface area contributed by atoms with Crippen LogP contribution in [0.15, 0.2) is 0 Å². The fraction of sp³-hybridized carbons (Fsp3) is 0.923. The molecule has 1 amide bonds. The van der Waals surface area contributed by atoms with E-state index >= 15 is 0 Å². The minimum Gasteiger partial charge on any atom is -0.381 e. The number of primary amides is 1. The highest BCUT2D eigenvalue weighted by Crippen LogP contribution is 2.15. The van der Waals surface area contributed by atoms with Gasteiger partial charge in [0.1, 0.15) is 0 Å². The van der Waals surface area contributed by atoms with Crippen molar-refractivity contribution in [3.63, 3.8) is 0 Å². The van der Waals surface area contributed by atoms with Crippen LogP contribution in [0.25, 0.3) is 0 Å². The van der Waals surface area contributed by atoms with Crippen LogP contribution in [0.5, 0.6) is 0 Å². The average Bonchev–Trinajstić information content (AvgIpc) is 2.39. The van der Waals surface area contributed by atoms with E-state index in [2.05, 4.69) is 5.32 Å². The van der Waals surface area contributed by atoms with Crippen molar-refractivity contribution < 1.29 is 14.3 Å². The maximum Gasteiger partial charge on any atom is 0.237 e. The Morgan fingerprint density at radius 1 is 1.50 bits per heavy atom. The second-order valence-corrected chi connectivity index (χ2v) is 5.18. The first kappa shape index (κ1) is 15.4. The molecule has 5 nitrogen and oxygen atoms in total. The number of hydrogen-bond donors (Lipinski definition) is 2. The quantitative estimate of drug-likeness (QED) is 0.628. The van der Waals surface area contributed by atoms with Crippen molar-refractivity contribution in [1.29, 1.82) is 0 Å². The Kier molecular flexibility index (Phi) is 6.60. The van der Waals surface area contributed by atoms with Crippen molar-refractivity contribution in [2.75, 3.05) is 33.5 Å². The lowest BCUT2D eigenvalue weighted by Crippen LogP contribution is -2.51. The van der Waals surface area contributed by atoms with Gasteiger partial charge in [0, 0.05) is 26.4 Å². The van der Waals surface area contributed by atoms with Gasteiger partial charge in [-0.25, -0.2) is 0 Å². The molecule has 18 heavy (non-hydrogen) atoms. The first-order chi connectivity index (χ1) is 8.58. The lowest BCUT2D eigenvalue weighted by atomic mass is 9.95. The number of amides is 1. The van der Waals surface area contributed by atoms with Crippen molar-refractivity contribution in [2.24, 2.45) is 11.7 Å². The predicted octanol–water partition coefficient (Wildman–Crippen LogP) is 0.673. The first-order valence-corrected chi connectivity index (χ1v) is 6.73. The number of likely N-dealkylation sites (N-methyl/N-ethyl adjacent to an activating group) is 1. The fourth-order valence-electron chi connectivity index (χ4n) is 2.06. The lowest BCUT2D eigenvalue weighted by molar-refractivity contribution is -0.124. The largest absolute Gasteiger partial charge is 0.381 e. The van der Waals surface area contributed by atoms with Gasteiger partial charge in [0.05, 0.1) is 5.54 Å². The van der Waals surface area contributed by atoms with Crippen LogP contribution in [0, 0.1) is 5.92 Å². The number of rotatable bonds is 8. The first-order valence-electron chi connectivity index (χ1n) is 6.73. The molecule has 106 valence electrons. The van der Waals surface area contributed by atoms with E-state index in [1.54, 1.807) is 7.05 Å². The third-order valence-electron chi connectivity index (χ3n) is 3.76. The fourth-order valence-corrected chi connectivity index (χ4v) is 2.06. The molecule has 3 N–H and O–H groups in total. The summed E-state index contributed by atoms with van der Waals surface area (Å²) in [6.45, 7) is 5.02. The van der Waals surface area contributed by atoms with Crippen LogP contribution in [0.3, 0.4) is 0 Å². The van der Waals surface area contributed by atoms with Gasteiger partial charge in [-0.3, -0.25) is 4.79 Å². The maximum atomic E-state index is 11.3. The highest BCUT2D eigenvalue weighted by molar-refractivity contribution is 5.84. The van der Waals surface area contributed by atoms with Crippen LogP contribution in [-0.4, -0.2) is 44.9 Å². The molecule has 0 radical (unpaired) electrons. The van der Waals surface area contributed by atoms with Crippen LogP contribution in [0.1, 0.15) is 32.6 Å². The molecule has 1 rings (SSSR count). The topological polar surface area (TPSA) is 73.6 Å². The van der Waals surface area contributed by atoms with Crippen LogP contribution < -0.4 is 11.1 Å². The van der Waals surface area contributed by atoms with E-state index in [4.69, 9.17) is 15.2 Å². The van der Waals surface area contributed by atoms with Gasteiger partial charge in [0.25, 0.3) is 0 Å². The monoisotopic (exact) mass is 258 g/mol. The van der Waals surface area contributed by atoms with Gasteiger partial charge in [-0.2, -0.15) is 0 Å². The third-order valence-corrected chi connectivity index (χ3v) is 3.76. The Morgan fingerprint density at radius 3 is 2.72 bits per heavy atom. The highest BCUT2D eigenvalue weighted by atomic mass is 16.5. The summed E-state index contributed by atoms with van der Waals surface area (Å²) in [6, 6.07) is 0. The second kappa shape index (κ2) is 7.71. The number of hydrogen-bond acceptors (Lipinski definition) is 4. The van der Waals surface area contributed by atoms with Crippen molar-refractivity contribution in [3.05, 3.63) is 0 Å². The predicted molar refractivity (Wildman–Crippen MR) is 70.3 cm³/mol. The van der Waals surface area contributed by atoms with Gasteiger partial charge < -0.3 is 20.5 Å². The second-order valence-electron chi connectivity index (χ2n) is 5.18. The lowest BCUT2D eigenvalue weighted by Gasteiger charge is -2.25. The normalized spacial score (nSPS) is 20.6. The van der Waals surface area contributed by atoms with E-state index < -0.39 is 5.54 Å². The van der Waals surface area contributed by atoms with Crippen LogP contribution in [0.4, 0.5) is 0 Å². The van der Waals surface area contributed by atoms with Crippen LogP contribution >= 0.6 is 0 Å². The molecule has 1 saturated heterocycles. The number of carbonyl (C=O) groups is 1. The molecule has 0 spiro atoms. The Balaban J connectivity index is 2.08. The molecule has 0 aromatic carbocycles. The molecule has 1 atom stereocenters. The zero-order valence-electron chi connectivity index (χ0n) is 11.5. The zero-order chi connectivity index (χ0) is 13.4. The number of nitrogens with one attached hydrogen (secondary N) is 1. The number of ether oxygens (including phenoxy) is 2. The van der Waals surface area contributed by atoms with Gasteiger partial charge in [-0.15, -0.1) is 0 Å². The van der Waals surface area contributed by atoms with Crippen molar-refractivity contribution >= 4 is 5.91 Å². The highest BCUT2D eigenvalue weighted by Gasteiger charge is 2.28. The Labute approximate surface area is 109 Å². The van der Waals surface area contributed by atoms with E-state index in [0.29, 0.717) is 18.9 Å². The molecule has 1 aliphatic rings. The van der Waals surface area contributed by atoms with E-state index in [-0.39, 0.29) is 5.91 Å². The Hall–Kier alpha value is -0.650. The summed E-state index contributed by atoms with van der Waals surface area (Å²) in [7, 11) is 1.76. The van der Waals surface area contributed by atoms with E-state index in [9.17, 15) is 4.79 Å². The molecule has 1 fully saturated rings. The summed E-state index contributed by atoms with van der Waals surface area (Å²) >= 11 is 0. The SMILES string of the molecule is CNC(C)(CCCOCC1CCOCC1)C(N)=O. The number of nitrogens with two attached hydrogens (primary N) is 1. The van der Waals surface area contributed by atoms with Gasteiger partial charge in [-0.05, 0) is 45.6 Å². The molecule has 1 unspecified atom stereocenters. The standard InChI is InChI=1S/C13H26N2O3/c1-13(15-2,12(14)16)6-3-7-18-10-11-4-8-17-9-5-11/h11,15H,3-10H2,1-2H3,(H2,14,16). The molecule has 0 aliphatic carbocycles. The average molecular weight is 258 g/mol. The van der Waals surface area contributed by atoms with Crippen molar-refractivity contribution in [3.8, 4) is 0 Å². The minimum atomic E-state index is -0.623. The maximum absolute atomic E-state index is 11.3. The van der Waals surface area contributed by atoms with E-state index in [1.807, 2.05) is 6.92 Å². The summed E-state index contributed by atoms with van der Waals surface area (Å²) in [5.41, 5.74) is 4.73. The van der Waals surface area contributed by atoms with Gasteiger partial charge >= 0.3 is 0 Å². The zero-order valence-corrected chi connectivity index (χ0v) is 11.5. The number of carbonyl (C=O) groups excluding carboxylic acids is 1. The van der Waals surface area contributed by atoms with Gasteiger partial charge in [-0.1, -0.05) is 0 Å². The molecular weight excluding hydrogens is 232 g/mol. The van der Waals surface area contributed by atoms with Crippen LogP contribution in [0.2, 0.25) is 0 Å². The van der Waals surface area contributed by atoms with E-state index in [0.717, 1.165) is 39.1 Å². The van der Waals surface area contributed by atoms with Crippen LogP contribution in [-0.2, 0) is 14.3 Å². The molecule has 0 saturated carbocycles. The van der Waals surface area contributed by atoms with E-state index in [1.165, 1.54) is 0 Å². The summed E-state index contributed by atoms with van der Waals surface area (Å²) < 4.78 is 11.0. The Bertz CT molecular complexity index is 255. The molecule has 0 bridgehead atoms. The summed E-state index contributed by atoms with van der Waals surface area (Å²) in [4.78, 5) is 11.3. The van der Waals surface area contributed by atoms with Crippen molar-refractivity contribution in [1.82, 2.24) is 5.32 Å². The molecule has 5 heteroatoms.